The molecule has 0 spiro atoms. The highest BCUT2D eigenvalue weighted by atomic mass is 19.1. The van der Waals surface area contributed by atoms with E-state index in [1.807, 2.05) is 0 Å². The number of halogens is 1. The molecule has 1 aliphatic rings. The molecule has 0 aromatic heterocycles. The molecule has 2 rings (SSSR count). The first-order valence-electron chi connectivity index (χ1n) is 5.01. The normalized spacial score (nSPS) is 15.2. The van der Waals surface area contributed by atoms with Crippen molar-refractivity contribution in [2.45, 2.75) is 6.42 Å². The van der Waals surface area contributed by atoms with Gasteiger partial charge in [-0.3, -0.25) is 9.63 Å². The van der Waals surface area contributed by atoms with E-state index in [2.05, 4.69) is 0 Å². The first kappa shape index (κ1) is 10.9. The van der Waals surface area contributed by atoms with Crippen molar-refractivity contribution in [3.05, 3.63) is 29.6 Å². The summed E-state index contributed by atoms with van der Waals surface area (Å²) in [6.45, 7) is 0.971. The van der Waals surface area contributed by atoms with E-state index in [-0.39, 0.29) is 11.3 Å². The van der Waals surface area contributed by atoms with Gasteiger partial charge in [0.1, 0.15) is 17.1 Å². The predicted octanol–water partition coefficient (Wildman–Crippen LogP) is 1.61. The molecule has 0 aliphatic carbocycles. The number of hydrogen-bond acceptors (Lipinski definition) is 3. The predicted molar refractivity (Wildman–Crippen MR) is 54.6 cm³/mol. The molecule has 1 aromatic carbocycles. The van der Waals surface area contributed by atoms with Gasteiger partial charge < -0.3 is 4.74 Å². The largest absolute Gasteiger partial charge is 0.496 e. The topological polar surface area (TPSA) is 38.8 Å². The molecule has 0 unspecified atom stereocenters. The van der Waals surface area contributed by atoms with Crippen LogP contribution >= 0.6 is 0 Å². The van der Waals surface area contributed by atoms with Crippen LogP contribution in [0.25, 0.3) is 0 Å². The van der Waals surface area contributed by atoms with Gasteiger partial charge in [-0.15, -0.1) is 0 Å². The van der Waals surface area contributed by atoms with Crippen molar-refractivity contribution in [3.63, 3.8) is 0 Å². The summed E-state index contributed by atoms with van der Waals surface area (Å²) in [5.41, 5.74) is -0.0769. The Kier molecular flexibility index (Phi) is 3.05. The van der Waals surface area contributed by atoms with E-state index in [9.17, 15) is 9.18 Å². The van der Waals surface area contributed by atoms with Crippen LogP contribution in [0.1, 0.15) is 16.8 Å². The van der Waals surface area contributed by atoms with Gasteiger partial charge in [0.05, 0.1) is 20.3 Å². The molecule has 0 atom stereocenters. The highest BCUT2D eigenvalue weighted by Gasteiger charge is 2.26. The third-order valence-electron chi connectivity index (χ3n) is 2.39. The minimum absolute atomic E-state index is 0.0769. The summed E-state index contributed by atoms with van der Waals surface area (Å²) < 4.78 is 18.5. The fourth-order valence-electron chi connectivity index (χ4n) is 1.61. The number of carbonyl (C=O) groups excluding carboxylic acids is 1. The summed E-state index contributed by atoms with van der Waals surface area (Å²) in [6, 6.07) is 4.27. The van der Waals surface area contributed by atoms with E-state index in [1.54, 1.807) is 6.07 Å². The van der Waals surface area contributed by atoms with Crippen LogP contribution in [-0.2, 0) is 4.84 Å². The second-order valence-electron chi connectivity index (χ2n) is 3.41. The fourth-order valence-corrected chi connectivity index (χ4v) is 1.61. The smallest absolute Gasteiger partial charge is 0.284 e. The van der Waals surface area contributed by atoms with Crippen molar-refractivity contribution in [1.29, 1.82) is 0 Å². The Morgan fingerprint density at radius 3 is 3.00 bits per heavy atom. The lowest BCUT2D eigenvalue weighted by atomic mass is 10.1. The van der Waals surface area contributed by atoms with Gasteiger partial charge in [-0.1, -0.05) is 6.07 Å². The molecule has 4 nitrogen and oxygen atoms in total. The highest BCUT2D eigenvalue weighted by Crippen LogP contribution is 2.24. The average Bonchev–Trinajstić information content (AvgIpc) is 2.81. The molecule has 16 heavy (non-hydrogen) atoms. The van der Waals surface area contributed by atoms with Gasteiger partial charge in [0.25, 0.3) is 5.91 Å². The number of benzene rings is 1. The maximum Gasteiger partial charge on any atom is 0.284 e. The number of hydrogen-bond donors (Lipinski definition) is 0. The Morgan fingerprint density at radius 2 is 2.38 bits per heavy atom. The number of hydroxylamine groups is 2. The van der Waals surface area contributed by atoms with Crippen LogP contribution in [0.15, 0.2) is 18.2 Å². The lowest BCUT2D eigenvalue weighted by molar-refractivity contribution is -0.0772. The van der Waals surface area contributed by atoms with E-state index >= 15 is 0 Å². The van der Waals surface area contributed by atoms with E-state index in [0.29, 0.717) is 13.2 Å². The lowest BCUT2D eigenvalue weighted by Gasteiger charge is -2.16. The molecule has 1 aromatic rings. The second-order valence-corrected chi connectivity index (χ2v) is 3.41. The first-order chi connectivity index (χ1) is 7.74. The van der Waals surface area contributed by atoms with Crippen molar-refractivity contribution < 1.29 is 18.8 Å². The van der Waals surface area contributed by atoms with E-state index < -0.39 is 11.7 Å². The molecule has 1 saturated heterocycles. The molecule has 1 amide bonds. The quantitative estimate of drug-likeness (QED) is 0.767. The summed E-state index contributed by atoms with van der Waals surface area (Å²) in [4.78, 5) is 17.0. The number of rotatable bonds is 2. The third kappa shape index (κ3) is 1.86. The maximum atomic E-state index is 13.6. The number of amides is 1. The molecule has 5 heteroatoms. The van der Waals surface area contributed by atoms with Gasteiger partial charge in [0.15, 0.2) is 0 Å². The Labute approximate surface area is 92.5 Å². The van der Waals surface area contributed by atoms with Crippen molar-refractivity contribution >= 4 is 5.91 Å². The van der Waals surface area contributed by atoms with Crippen molar-refractivity contribution in [3.8, 4) is 5.75 Å². The van der Waals surface area contributed by atoms with Gasteiger partial charge in [0.2, 0.25) is 0 Å². The summed E-state index contributed by atoms with van der Waals surface area (Å²) in [5.74, 6) is -0.868. The molecule has 1 fully saturated rings. The Hall–Kier alpha value is -1.62. The zero-order chi connectivity index (χ0) is 11.5. The van der Waals surface area contributed by atoms with Crippen molar-refractivity contribution in [1.82, 2.24) is 5.06 Å². The van der Waals surface area contributed by atoms with Gasteiger partial charge in [-0.2, -0.15) is 0 Å². The third-order valence-corrected chi connectivity index (χ3v) is 2.39. The lowest BCUT2D eigenvalue weighted by Crippen LogP contribution is -2.27. The number of carbonyl (C=O) groups is 1. The molecule has 0 bridgehead atoms. The molecule has 1 aliphatic heterocycles. The van der Waals surface area contributed by atoms with E-state index in [4.69, 9.17) is 9.57 Å². The highest BCUT2D eigenvalue weighted by molar-refractivity contribution is 5.96. The first-order valence-corrected chi connectivity index (χ1v) is 5.01. The average molecular weight is 225 g/mol. The minimum atomic E-state index is -0.597. The van der Waals surface area contributed by atoms with Crippen LogP contribution in [0.4, 0.5) is 4.39 Å². The van der Waals surface area contributed by atoms with Crippen LogP contribution in [0.2, 0.25) is 0 Å². The number of ether oxygens (including phenoxy) is 1. The van der Waals surface area contributed by atoms with Crippen LogP contribution in [0.3, 0.4) is 0 Å². The Bertz CT molecular complexity index is 402. The molecule has 86 valence electrons. The van der Waals surface area contributed by atoms with Crippen LogP contribution < -0.4 is 4.74 Å². The van der Waals surface area contributed by atoms with Crippen molar-refractivity contribution in [2.75, 3.05) is 20.3 Å². The summed E-state index contributed by atoms with van der Waals surface area (Å²) in [7, 11) is 1.40. The van der Waals surface area contributed by atoms with Crippen LogP contribution in [-0.4, -0.2) is 31.2 Å². The summed E-state index contributed by atoms with van der Waals surface area (Å²) in [5, 5.41) is 1.17. The molecule has 0 saturated carbocycles. The van der Waals surface area contributed by atoms with Crippen molar-refractivity contribution in [2.24, 2.45) is 0 Å². The second kappa shape index (κ2) is 4.49. The van der Waals surface area contributed by atoms with Gasteiger partial charge >= 0.3 is 0 Å². The van der Waals surface area contributed by atoms with Gasteiger partial charge in [-0.05, 0) is 18.6 Å². The Balaban J connectivity index is 2.34. The van der Waals surface area contributed by atoms with Crippen LogP contribution in [0, 0.1) is 5.82 Å². The van der Waals surface area contributed by atoms with Gasteiger partial charge in [0, 0.05) is 0 Å². The number of methoxy groups -OCH3 is 1. The molecule has 1 heterocycles. The minimum Gasteiger partial charge on any atom is -0.496 e. The van der Waals surface area contributed by atoms with Gasteiger partial charge in [-0.25, -0.2) is 9.45 Å². The zero-order valence-electron chi connectivity index (χ0n) is 8.90. The number of nitrogens with zero attached hydrogens (tertiary/aromatic N) is 1. The zero-order valence-corrected chi connectivity index (χ0v) is 8.90. The molecular weight excluding hydrogens is 213 g/mol. The molecule has 0 radical (unpaired) electrons. The summed E-state index contributed by atoms with van der Waals surface area (Å²) in [6.07, 6.45) is 0.766. The fraction of sp³-hybridized carbons (Fsp3) is 0.364. The SMILES string of the molecule is COc1cccc(F)c1C(=O)N1CCCO1. The van der Waals surface area contributed by atoms with E-state index in [1.165, 1.54) is 24.3 Å². The monoisotopic (exact) mass is 225 g/mol. The van der Waals surface area contributed by atoms with Crippen LogP contribution in [0.5, 0.6) is 5.75 Å². The summed E-state index contributed by atoms with van der Waals surface area (Å²) >= 11 is 0. The molecular formula is C11H12FNO3. The standard InChI is InChI=1S/C11H12FNO3/c1-15-9-5-2-4-8(12)10(9)11(14)13-6-3-7-16-13/h2,4-5H,3,6-7H2,1H3. The maximum absolute atomic E-state index is 13.6. The Morgan fingerprint density at radius 1 is 1.56 bits per heavy atom. The van der Waals surface area contributed by atoms with E-state index in [0.717, 1.165) is 6.42 Å². The molecule has 0 N–H and O–H groups in total.